The van der Waals surface area contributed by atoms with Crippen molar-refractivity contribution in [1.29, 1.82) is 0 Å². The standard InChI is InChI=1S/C21H24N4OS/c1-23-18-9-5-6-10-19(18)25(21(23)27)15-24-13-11-17(12-14-24)22-20(26)16-7-3-2-4-8-16/h2-10,17H,11-15H2,1H3,(H,22,26). The van der Waals surface area contributed by atoms with Crippen LogP contribution in [0.25, 0.3) is 11.0 Å². The third-order valence-electron chi connectivity index (χ3n) is 5.35. The predicted molar refractivity (Wildman–Crippen MR) is 110 cm³/mol. The lowest BCUT2D eigenvalue weighted by molar-refractivity contribution is 0.0900. The van der Waals surface area contributed by atoms with Gasteiger partial charge in [-0.15, -0.1) is 0 Å². The van der Waals surface area contributed by atoms with Crippen molar-refractivity contribution < 1.29 is 4.79 Å². The molecule has 1 amide bonds. The van der Waals surface area contributed by atoms with E-state index in [-0.39, 0.29) is 11.9 Å². The largest absolute Gasteiger partial charge is 0.349 e. The van der Waals surface area contributed by atoms with Crippen LogP contribution in [-0.4, -0.2) is 39.1 Å². The van der Waals surface area contributed by atoms with Crippen molar-refractivity contribution in [2.75, 3.05) is 13.1 Å². The van der Waals surface area contributed by atoms with Crippen molar-refractivity contribution in [3.63, 3.8) is 0 Å². The first-order valence-corrected chi connectivity index (χ1v) is 9.77. The highest BCUT2D eigenvalue weighted by atomic mass is 32.1. The fourth-order valence-electron chi connectivity index (χ4n) is 3.78. The third-order valence-corrected chi connectivity index (χ3v) is 5.85. The van der Waals surface area contributed by atoms with Crippen LogP contribution in [0.1, 0.15) is 23.2 Å². The van der Waals surface area contributed by atoms with Crippen molar-refractivity contribution in [3.8, 4) is 0 Å². The lowest BCUT2D eigenvalue weighted by atomic mass is 10.0. The van der Waals surface area contributed by atoms with E-state index in [1.54, 1.807) is 0 Å². The molecule has 1 aromatic heterocycles. The number of amides is 1. The van der Waals surface area contributed by atoms with Gasteiger partial charge in [0.1, 0.15) is 0 Å². The number of benzene rings is 2. The van der Waals surface area contributed by atoms with Crippen molar-refractivity contribution in [2.45, 2.75) is 25.6 Å². The van der Waals surface area contributed by atoms with E-state index >= 15 is 0 Å². The summed E-state index contributed by atoms with van der Waals surface area (Å²) in [6.07, 6.45) is 1.91. The van der Waals surface area contributed by atoms with E-state index in [4.69, 9.17) is 12.2 Å². The van der Waals surface area contributed by atoms with Gasteiger partial charge in [-0.05, 0) is 49.3 Å². The molecule has 1 saturated heterocycles. The summed E-state index contributed by atoms with van der Waals surface area (Å²) in [4.78, 5) is 14.7. The summed E-state index contributed by atoms with van der Waals surface area (Å²) in [6.45, 7) is 2.69. The number of para-hydroxylation sites is 2. The molecule has 140 valence electrons. The highest BCUT2D eigenvalue weighted by Crippen LogP contribution is 2.19. The van der Waals surface area contributed by atoms with E-state index in [9.17, 15) is 4.79 Å². The number of aryl methyl sites for hydroxylation is 1. The molecule has 27 heavy (non-hydrogen) atoms. The molecule has 0 bridgehead atoms. The lowest BCUT2D eigenvalue weighted by Crippen LogP contribution is -2.45. The van der Waals surface area contributed by atoms with Crippen molar-refractivity contribution in [1.82, 2.24) is 19.4 Å². The maximum absolute atomic E-state index is 12.3. The minimum Gasteiger partial charge on any atom is -0.349 e. The predicted octanol–water partition coefficient (Wildman–Crippen LogP) is 3.56. The molecule has 5 nitrogen and oxygen atoms in total. The molecule has 0 atom stereocenters. The van der Waals surface area contributed by atoms with Gasteiger partial charge in [0.15, 0.2) is 4.77 Å². The molecule has 3 aromatic rings. The minimum absolute atomic E-state index is 0.0188. The van der Waals surface area contributed by atoms with Gasteiger partial charge in [-0.2, -0.15) is 0 Å². The summed E-state index contributed by atoms with van der Waals surface area (Å²) in [6, 6.07) is 18.0. The Bertz CT molecular complexity index is 1000. The first-order valence-electron chi connectivity index (χ1n) is 9.36. The molecule has 1 N–H and O–H groups in total. The first-order chi connectivity index (χ1) is 13.1. The SMILES string of the molecule is Cn1c(=S)n(CN2CCC(NC(=O)c3ccccc3)CC2)c2ccccc21. The molecule has 0 unspecified atom stereocenters. The van der Waals surface area contributed by atoms with E-state index in [1.807, 2.05) is 43.4 Å². The Morgan fingerprint density at radius 3 is 2.37 bits per heavy atom. The van der Waals surface area contributed by atoms with E-state index < -0.39 is 0 Å². The summed E-state index contributed by atoms with van der Waals surface area (Å²) in [5, 5.41) is 3.17. The average molecular weight is 381 g/mol. The smallest absolute Gasteiger partial charge is 0.251 e. The van der Waals surface area contributed by atoms with Gasteiger partial charge in [0.2, 0.25) is 0 Å². The Balaban J connectivity index is 1.39. The number of imidazole rings is 1. The van der Waals surface area contributed by atoms with Gasteiger partial charge in [0.05, 0.1) is 17.7 Å². The van der Waals surface area contributed by atoms with Gasteiger partial charge in [-0.1, -0.05) is 30.3 Å². The summed E-state index contributed by atoms with van der Waals surface area (Å²) in [7, 11) is 2.02. The maximum atomic E-state index is 12.3. The fraction of sp³-hybridized carbons (Fsp3) is 0.333. The zero-order valence-electron chi connectivity index (χ0n) is 15.5. The second-order valence-electron chi connectivity index (χ2n) is 7.13. The zero-order chi connectivity index (χ0) is 18.8. The highest BCUT2D eigenvalue weighted by Gasteiger charge is 2.22. The molecule has 1 fully saturated rings. The van der Waals surface area contributed by atoms with E-state index in [0.29, 0.717) is 0 Å². The minimum atomic E-state index is 0.0188. The Morgan fingerprint density at radius 2 is 1.67 bits per heavy atom. The average Bonchev–Trinajstić information content (AvgIpc) is 2.95. The van der Waals surface area contributed by atoms with Crippen molar-refractivity contribution >= 4 is 29.2 Å². The van der Waals surface area contributed by atoms with Crippen LogP contribution in [0.15, 0.2) is 54.6 Å². The van der Waals surface area contributed by atoms with Gasteiger partial charge in [-0.25, -0.2) is 0 Å². The number of rotatable bonds is 4. The summed E-state index contributed by atoms with van der Waals surface area (Å²) >= 11 is 5.64. The van der Waals surface area contributed by atoms with Crippen molar-refractivity contribution in [3.05, 3.63) is 64.9 Å². The second kappa shape index (κ2) is 7.66. The summed E-state index contributed by atoms with van der Waals surface area (Å²) < 4.78 is 5.11. The lowest BCUT2D eigenvalue weighted by Gasteiger charge is -2.32. The molecule has 0 radical (unpaired) electrons. The van der Waals surface area contributed by atoms with Gasteiger partial charge >= 0.3 is 0 Å². The number of nitrogens with one attached hydrogen (secondary N) is 1. The van der Waals surface area contributed by atoms with Gasteiger partial charge in [0, 0.05) is 31.7 Å². The number of hydrogen-bond donors (Lipinski definition) is 1. The first kappa shape index (κ1) is 17.9. The van der Waals surface area contributed by atoms with Crippen LogP contribution in [0.3, 0.4) is 0 Å². The van der Waals surface area contributed by atoms with Crippen LogP contribution in [0.5, 0.6) is 0 Å². The molecular weight excluding hydrogens is 356 g/mol. The fourth-order valence-corrected chi connectivity index (χ4v) is 4.03. The Morgan fingerprint density at radius 1 is 1.04 bits per heavy atom. The third kappa shape index (κ3) is 3.68. The Hall–Kier alpha value is -2.44. The number of carbonyl (C=O) groups is 1. The van der Waals surface area contributed by atoms with Crippen molar-refractivity contribution in [2.24, 2.45) is 7.05 Å². The number of fused-ring (bicyclic) bond motifs is 1. The molecule has 0 saturated carbocycles. The number of carbonyl (C=O) groups excluding carboxylic acids is 1. The Labute approximate surface area is 164 Å². The quantitative estimate of drug-likeness (QED) is 0.704. The maximum Gasteiger partial charge on any atom is 0.251 e. The molecular formula is C21H24N4OS. The van der Waals surface area contributed by atoms with Gasteiger partial charge in [0.25, 0.3) is 5.91 Å². The number of aromatic nitrogens is 2. The van der Waals surface area contributed by atoms with Crippen LogP contribution in [-0.2, 0) is 13.7 Å². The molecule has 0 spiro atoms. The highest BCUT2D eigenvalue weighted by molar-refractivity contribution is 7.71. The molecule has 0 aliphatic carbocycles. The van der Waals surface area contributed by atoms with Crippen LogP contribution < -0.4 is 5.32 Å². The number of hydrogen-bond acceptors (Lipinski definition) is 3. The molecule has 4 rings (SSSR count). The normalized spacial score (nSPS) is 15.9. The van der Waals surface area contributed by atoms with Crippen LogP contribution >= 0.6 is 12.2 Å². The Kier molecular flexibility index (Phi) is 5.09. The molecule has 1 aliphatic rings. The summed E-state index contributed by atoms with van der Waals surface area (Å²) in [5.41, 5.74) is 3.05. The second-order valence-corrected chi connectivity index (χ2v) is 7.50. The number of piperidine rings is 1. The monoisotopic (exact) mass is 380 g/mol. The van der Waals surface area contributed by atoms with Crippen LogP contribution in [0, 0.1) is 4.77 Å². The molecule has 1 aliphatic heterocycles. The van der Waals surface area contributed by atoms with E-state index in [2.05, 4.69) is 37.5 Å². The molecule has 2 heterocycles. The van der Waals surface area contributed by atoms with E-state index in [1.165, 1.54) is 5.52 Å². The van der Waals surface area contributed by atoms with Crippen LogP contribution in [0.2, 0.25) is 0 Å². The van der Waals surface area contributed by atoms with Gasteiger partial charge in [-0.3, -0.25) is 9.69 Å². The number of likely N-dealkylation sites (tertiary alicyclic amines) is 1. The number of nitrogens with zero attached hydrogens (tertiary/aromatic N) is 3. The van der Waals surface area contributed by atoms with Gasteiger partial charge < -0.3 is 14.5 Å². The molecule has 2 aromatic carbocycles. The summed E-state index contributed by atoms with van der Waals surface area (Å²) in [5.74, 6) is 0.0188. The van der Waals surface area contributed by atoms with Crippen LogP contribution in [0.4, 0.5) is 0 Å². The zero-order valence-corrected chi connectivity index (χ0v) is 16.3. The van der Waals surface area contributed by atoms with E-state index in [0.717, 1.165) is 48.5 Å². The topological polar surface area (TPSA) is 42.2 Å². The molecule has 6 heteroatoms.